The summed E-state index contributed by atoms with van der Waals surface area (Å²) in [5.74, 6) is 0.786. The lowest BCUT2D eigenvalue weighted by molar-refractivity contribution is 0.279. The van der Waals surface area contributed by atoms with Crippen molar-refractivity contribution in [3.05, 3.63) is 29.0 Å². The number of rotatable bonds is 3. The molecule has 0 aromatic carbocycles. The molecule has 0 amide bonds. The standard InChI is InChI=1S/C13H19ClN2/c1-10-4-2-3-5-13(10)16-8-11-6-7-15-9-12(11)14/h6-7,9-10,13,16H,2-5,8H2,1H3. The molecule has 1 aliphatic rings. The van der Waals surface area contributed by atoms with Crippen molar-refractivity contribution in [1.82, 2.24) is 10.3 Å². The second kappa shape index (κ2) is 5.65. The van der Waals surface area contributed by atoms with Gasteiger partial charge >= 0.3 is 0 Å². The molecule has 1 fully saturated rings. The molecule has 0 aliphatic heterocycles. The van der Waals surface area contributed by atoms with Gasteiger partial charge in [0, 0.05) is 25.0 Å². The van der Waals surface area contributed by atoms with Crippen LogP contribution in [0.1, 0.15) is 38.2 Å². The zero-order valence-electron chi connectivity index (χ0n) is 9.75. The van der Waals surface area contributed by atoms with Gasteiger partial charge in [-0.2, -0.15) is 0 Å². The normalized spacial score (nSPS) is 25.6. The van der Waals surface area contributed by atoms with Crippen LogP contribution < -0.4 is 5.32 Å². The Morgan fingerprint density at radius 1 is 1.44 bits per heavy atom. The van der Waals surface area contributed by atoms with E-state index in [0.29, 0.717) is 6.04 Å². The van der Waals surface area contributed by atoms with Crippen molar-refractivity contribution in [2.45, 2.75) is 45.2 Å². The van der Waals surface area contributed by atoms with Crippen LogP contribution in [0.5, 0.6) is 0 Å². The Morgan fingerprint density at radius 2 is 2.25 bits per heavy atom. The summed E-state index contributed by atoms with van der Waals surface area (Å²) in [5.41, 5.74) is 1.15. The maximum atomic E-state index is 6.08. The van der Waals surface area contributed by atoms with Crippen molar-refractivity contribution in [3.63, 3.8) is 0 Å². The smallest absolute Gasteiger partial charge is 0.0634 e. The molecule has 1 aromatic rings. The Kier molecular flexibility index (Phi) is 4.19. The highest BCUT2D eigenvalue weighted by Gasteiger charge is 2.20. The molecule has 0 bridgehead atoms. The van der Waals surface area contributed by atoms with Crippen molar-refractivity contribution in [2.75, 3.05) is 0 Å². The minimum atomic E-state index is 0.651. The largest absolute Gasteiger partial charge is 0.310 e. The molecular formula is C13H19ClN2. The van der Waals surface area contributed by atoms with Crippen LogP contribution in [0.25, 0.3) is 0 Å². The second-order valence-corrected chi connectivity index (χ2v) is 5.12. The highest BCUT2D eigenvalue weighted by atomic mass is 35.5. The summed E-state index contributed by atoms with van der Waals surface area (Å²) in [5, 5.41) is 4.38. The molecule has 1 N–H and O–H groups in total. The lowest BCUT2D eigenvalue weighted by atomic mass is 9.86. The van der Waals surface area contributed by atoms with Gasteiger partial charge in [0.05, 0.1) is 5.02 Å². The highest BCUT2D eigenvalue weighted by Crippen LogP contribution is 2.24. The molecule has 1 saturated carbocycles. The Balaban J connectivity index is 1.89. The first kappa shape index (κ1) is 11.9. The van der Waals surface area contributed by atoms with E-state index in [4.69, 9.17) is 11.6 Å². The summed E-state index contributed by atoms with van der Waals surface area (Å²) in [6, 6.07) is 2.64. The monoisotopic (exact) mass is 238 g/mol. The predicted octanol–water partition coefficient (Wildman–Crippen LogP) is 3.40. The van der Waals surface area contributed by atoms with E-state index in [9.17, 15) is 0 Å². The molecule has 1 heterocycles. The van der Waals surface area contributed by atoms with Crippen LogP contribution in [0.15, 0.2) is 18.5 Å². The maximum absolute atomic E-state index is 6.08. The molecule has 3 heteroatoms. The number of hydrogen-bond acceptors (Lipinski definition) is 2. The van der Waals surface area contributed by atoms with E-state index in [1.165, 1.54) is 25.7 Å². The molecule has 16 heavy (non-hydrogen) atoms. The molecule has 2 unspecified atom stereocenters. The van der Waals surface area contributed by atoms with Crippen molar-refractivity contribution >= 4 is 11.6 Å². The quantitative estimate of drug-likeness (QED) is 0.873. The van der Waals surface area contributed by atoms with Crippen molar-refractivity contribution in [1.29, 1.82) is 0 Å². The van der Waals surface area contributed by atoms with Gasteiger partial charge in [-0.05, 0) is 30.4 Å². The average Bonchev–Trinajstić information content (AvgIpc) is 2.30. The van der Waals surface area contributed by atoms with E-state index in [2.05, 4.69) is 17.2 Å². The number of nitrogens with one attached hydrogen (secondary N) is 1. The van der Waals surface area contributed by atoms with E-state index in [0.717, 1.165) is 23.0 Å². The van der Waals surface area contributed by atoms with E-state index in [-0.39, 0.29) is 0 Å². The van der Waals surface area contributed by atoms with Crippen LogP contribution in [-0.2, 0) is 6.54 Å². The molecule has 1 aliphatic carbocycles. The number of aromatic nitrogens is 1. The van der Waals surface area contributed by atoms with Gasteiger partial charge in [-0.3, -0.25) is 4.98 Å². The van der Waals surface area contributed by atoms with Gasteiger partial charge in [-0.1, -0.05) is 31.4 Å². The van der Waals surface area contributed by atoms with Gasteiger partial charge in [-0.15, -0.1) is 0 Å². The third kappa shape index (κ3) is 2.96. The van der Waals surface area contributed by atoms with Gasteiger partial charge in [0.2, 0.25) is 0 Å². The van der Waals surface area contributed by atoms with Gasteiger partial charge in [0.15, 0.2) is 0 Å². The van der Waals surface area contributed by atoms with Crippen molar-refractivity contribution in [2.24, 2.45) is 5.92 Å². The minimum Gasteiger partial charge on any atom is -0.310 e. The predicted molar refractivity (Wildman–Crippen MR) is 67.5 cm³/mol. The summed E-state index contributed by atoms with van der Waals surface area (Å²) < 4.78 is 0. The maximum Gasteiger partial charge on any atom is 0.0634 e. The lowest BCUT2D eigenvalue weighted by Gasteiger charge is -2.29. The van der Waals surface area contributed by atoms with Crippen molar-refractivity contribution < 1.29 is 0 Å². The van der Waals surface area contributed by atoms with Gasteiger partial charge in [0.1, 0.15) is 0 Å². The topological polar surface area (TPSA) is 24.9 Å². The highest BCUT2D eigenvalue weighted by molar-refractivity contribution is 6.31. The molecule has 1 aromatic heterocycles. The second-order valence-electron chi connectivity index (χ2n) is 4.72. The van der Waals surface area contributed by atoms with Crippen LogP contribution in [0.4, 0.5) is 0 Å². The zero-order valence-corrected chi connectivity index (χ0v) is 10.5. The summed E-state index contributed by atoms with van der Waals surface area (Å²) in [6.07, 6.45) is 8.89. The van der Waals surface area contributed by atoms with E-state index >= 15 is 0 Å². The van der Waals surface area contributed by atoms with Gasteiger partial charge in [0.25, 0.3) is 0 Å². The Labute approximate surface area is 102 Å². The van der Waals surface area contributed by atoms with Crippen LogP contribution >= 0.6 is 11.6 Å². The van der Waals surface area contributed by atoms with Crippen LogP contribution in [-0.4, -0.2) is 11.0 Å². The first-order valence-electron chi connectivity index (χ1n) is 6.09. The number of halogens is 1. The number of nitrogens with zero attached hydrogens (tertiary/aromatic N) is 1. The van der Waals surface area contributed by atoms with Gasteiger partial charge in [-0.25, -0.2) is 0 Å². The average molecular weight is 239 g/mol. The lowest BCUT2D eigenvalue weighted by Crippen LogP contribution is -2.36. The minimum absolute atomic E-state index is 0.651. The Morgan fingerprint density at radius 3 is 3.00 bits per heavy atom. The Bertz CT molecular complexity index is 340. The third-order valence-corrected chi connectivity index (χ3v) is 3.86. The Hall–Kier alpha value is -0.600. The molecular weight excluding hydrogens is 220 g/mol. The van der Waals surface area contributed by atoms with Crippen LogP contribution in [0, 0.1) is 5.92 Å². The van der Waals surface area contributed by atoms with E-state index in [1.807, 2.05) is 6.07 Å². The molecule has 2 nitrogen and oxygen atoms in total. The first-order chi connectivity index (χ1) is 7.77. The van der Waals surface area contributed by atoms with Crippen molar-refractivity contribution in [3.8, 4) is 0 Å². The van der Waals surface area contributed by atoms with E-state index < -0.39 is 0 Å². The fourth-order valence-corrected chi connectivity index (χ4v) is 2.59. The zero-order chi connectivity index (χ0) is 11.4. The summed E-state index contributed by atoms with van der Waals surface area (Å²) in [7, 11) is 0. The SMILES string of the molecule is CC1CCCCC1NCc1ccncc1Cl. The summed E-state index contributed by atoms with van der Waals surface area (Å²) in [6.45, 7) is 3.20. The van der Waals surface area contributed by atoms with Crippen LogP contribution in [0.2, 0.25) is 5.02 Å². The van der Waals surface area contributed by atoms with E-state index in [1.54, 1.807) is 12.4 Å². The molecule has 2 rings (SSSR count). The van der Waals surface area contributed by atoms with Crippen LogP contribution in [0.3, 0.4) is 0 Å². The third-order valence-electron chi connectivity index (χ3n) is 3.52. The molecule has 2 atom stereocenters. The number of pyridine rings is 1. The summed E-state index contributed by atoms with van der Waals surface area (Å²) in [4.78, 5) is 3.99. The first-order valence-corrected chi connectivity index (χ1v) is 6.47. The fraction of sp³-hybridized carbons (Fsp3) is 0.615. The molecule has 0 spiro atoms. The number of hydrogen-bond donors (Lipinski definition) is 1. The summed E-state index contributed by atoms with van der Waals surface area (Å²) >= 11 is 6.08. The molecule has 0 saturated heterocycles. The molecule has 0 radical (unpaired) electrons. The fourth-order valence-electron chi connectivity index (χ4n) is 2.41. The molecule has 88 valence electrons. The van der Waals surface area contributed by atoms with Gasteiger partial charge < -0.3 is 5.32 Å².